The summed E-state index contributed by atoms with van der Waals surface area (Å²) in [7, 11) is 0. The molecule has 19 heteroatoms. The van der Waals surface area contributed by atoms with Crippen molar-refractivity contribution in [2.75, 3.05) is 41.4 Å². The lowest BCUT2D eigenvalue weighted by Crippen LogP contribution is -2.61. The molecule has 2 aliphatic heterocycles. The van der Waals surface area contributed by atoms with E-state index in [1.807, 2.05) is 0 Å². The number of rotatable bonds is 10. The van der Waals surface area contributed by atoms with Gasteiger partial charge in [0.05, 0.1) is 18.7 Å². The molecule has 1 saturated heterocycles. The second kappa shape index (κ2) is 15.3. The molecule has 19 nitrogen and oxygen atoms in total. The van der Waals surface area contributed by atoms with E-state index in [0.717, 1.165) is 0 Å². The van der Waals surface area contributed by atoms with Gasteiger partial charge in [-0.25, -0.2) is 4.79 Å². The fourth-order valence-electron chi connectivity index (χ4n) is 4.22. The third-order valence-electron chi connectivity index (χ3n) is 6.70. The standard InChI is InChI=1S/C19H23N7O6.C6H13NO5/c20-19-25-15-14(17(30)26-19)23-11(8-22-15)7-21-10-3-1-9(2-4-10)16(29)24-12(18(31)32)5-6-13(27)28;7-3-5(10)4(9)2(1-8)12-6(3)11/h1-4,11-12,21,23H,5-8H2,(H,24,29)(H,27,28)(H,31,32)(H4,20,22,25,26,30);2-6,8-11H,1,7H2/t11-,12-;2-,3-,4+,5-,6?/m01/s1. The monoisotopic (exact) mass is 624 g/mol. The fourth-order valence-corrected chi connectivity index (χ4v) is 4.22. The number of amides is 1. The summed E-state index contributed by atoms with van der Waals surface area (Å²) in [6, 6.07) is 3.89. The number of nitrogens with one attached hydrogen (secondary N) is 5. The molecule has 2 aliphatic rings. The molecule has 2 aromatic rings. The molecule has 0 spiro atoms. The molecule has 15 N–H and O–H groups in total. The number of aromatic nitrogens is 2. The Bertz CT molecular complexity index is 1350. The second-order valence-corrected chi connectivity index (χ2v) is 9.96. The van der Waals surface area contributed by atoms with Crippen LogP contribution in [0.3, 0.4) is 0 Å². The van der Waals surface area contributed by atoms with Gasteiger partial charge in [0.25, 0.3) is 11.5 Å². The van der Waals surface area contributed by atoms with E-state index < -0.39 is 61.1 Å². The molecule has 4 rings (SSSR count). The zero-order valence-electron chi connectivity index (χ0n) is 23.2. The van der Waals surface area contributed by atoms with Crippen molar-refractivity contribution in [2.45, 2.75) is 55.6 Å². The first kappa shape index (κ1) is 34.0. The molecular weight excluding hydrogens is 588 g/mol. The zero-order valence-corrected chi connectivity index (χ0v) is 23.2. The number of carbonyl (C=O) groups is 3. The van der Waals surface area contributed by atoms with Crippen molar-refractivity contribution in [3.05, 3.63) is 40.2 Å². The minimum atomic E-state index is -1.35. The number of nitrogen functional groups attached to an aromatic ring is 1. The van der Waals surface area contributed by atoms with E-state index in [4.69, 9.17) is 36.6 Å². The maximum atomic E-state index is 12.3. The van der Waals surface area contributed by atoms with Crippen LogP contribution in [0.2, 0.25) is 0 Å². The molecule has 1 unspecified atom stereocenters. The molecule has 3 heterocycles. The summed E-state index contributed by atoms with van der Waals surface area (Å²) in [5, 5.41) is 65.6. The van der Waals surface area contributed by atoms with Crippen molar-refractivity contribution in [1.29, 1.82) is 0 Å². The van der Waals surface area contributed by atoms with E-state index in [1.54, 1.807) is 12.1 Å². The van der Waals surface area contributed by atoms with Crippen LogP contribution in [0.5, 0.6) is 0 Å². The topological polar surface area (TPSA) is 328 Å². The largest absolute Gasteiger partial charge is 0.481 e. The molecule has 0 bridgehead atoms. The number of H-pyrrole nitrogens is 1. The van der Waals surface area contributed by atoms with Gasteiger partial charge in [-0.15, -0.1) is 0 Å². The summed E-state index contributed by atoms with van der Waals surface area (Å²) in [5.41, 5.74) is 11.7. The Labute approximate surface area is 249 Å². The summed E-state index contributed by atoms with van der Waals surface area (Å²) in [6.45, 7) is 0.489. The number of carboxylic acid groups (broad SMARTS) is 2. The number of nitrogens with zero attached hydrogens (tertiary/aromatic N) is 1. The highest BCUT2D eigenvalue weighted by atomic mass is 16.6. The number of benzene rings is 1. The molecule has 1 fully saturated rings. The maximum Gasteiger partial charge on any atom is 0.326 e. The predicted octanol–water partition coefficient (Wildman–Crippen LogP) is -3.54. The first-order valence-corrected chi connectivity index (χ1v) is 13.4. The van der Waals surface area contributed by atoms with Crippen molar-refractivity contribution in [3.63, 3.8) is 0 Å². The molecule has 1 aromatic heterocycles. The molecule has 7 atom stereocenters. The van der Waals surface area contributed by atoms with Crippen LogP contribution in [0.25, 0.3) is 0 Å². The van der Waals surface area contributed by atoms with E-state index in [1.165, 1.54) is 12.1 Å². The lowest BCUT2D eigenvalue weighted by molar-refractivity contribution is -0.248. The van der Waals surface area contributed by atoms with Crippen LogP contribution in [-0.2, 0) is 14.3 Å². The van der Waals surface area contributed by atoms with Gasteiger partial charge in [0.1, 0.15) is 30.0 Å². The Morgan fingerprint density at radius 2 is 1.80 bits per heavy atom. The van der Waals surface area contributed by atoms with E-state index in [0.29, 0.717) is 30.3 Å². The maximum absolute atomic E-state index is 12.3. The summed E-state index contributed by atoms with van der Waals surface area (Å²) < 4.78 is 4.70. The van der Waals surface area contributed by atoms with Gasteiger partial charge in [0.15, 0.2) is 12.1 Å². The van der Waals surface area contributed by atoms with Crippen molar-refractivity contribution in [2.24, 2.45) is 5.73 Å². The predicted molar refractivity (Wildman–Crippen MR) is 154 cm³/mol. The van der Waals surface area contributed by atoms with Gasteiger partial charge in [0.2, 0.25) is 5.95 Å². The minimum Gasteiger partial charge on any atom is -0.481 e. The Balaban J connectivity index is 0.000000369. The number of hydrogen-bond acceptors (Lipinski definition) is 15. The number of aliphatic hydroxyl groups excluding tert-OH is 4. The smallest absolute Gasteiger partial charge is 0.326 e. The Hall–Kier alpha value is -4.53. The number of ether oxygens (including phenoxy) is 1. The number of anilines is 4. The average molecular weight is 625 g/mol. The number of fused-ring (bicyclic) bond motifs is 1. The summed E-state index contributed by atoms with van der Waals surface area (Å²) in [6.07, 6.45) is -5.44. The molecule has 0 radical (unpaired) electrons. The van der Waals surface area contributed by atoms with Gasteiger partial charge in [-0.05, 0) is 30.7 Å². The first-order chi connectivity index (χ1) is 20.8. The second-order valence-electron chi connectivity index (χ2n) is 9.96. The number of hydrogen-bond donors (Lipinski definition) is 13. The van der Waals surface area contributed by atoms with E-state index >= 15 is 0 Å². The highest BCUT2D eigenvalue weighted by Gasteiger charge is 2.41. The van der Waals surface area contributed by atoms with Gasteiger partial charge in [-0.3, -0.25) is 19.4 Å². The number of carboxylic acids is 2. The molecule has 1 amide bonds. The lowest BCUT2D eigenvalue weighted by Gasteiger charge is -2.38. The molecule has 0 aliphatic carbocycles. The van der Waals surface area contributed by atoms with Crippen LogP contribution in [0, 0.1) is 0 Å². The molecule has 44 heavy (non-hydrogen) atoms. The number of aromatic amines is 1. The normalized spacial score (nSPS) is 24.7. The van der Waals surface area contributed by atoms with Crippen LogP contribution >= 0.6 is 0 Å². The third-order valence-corrected chi connectivity index (χ3v) is 6.70. The highest BCUT2D eigenvalue weighted by Crippen LogP contribution is 2.20. The zero-order chi connectivity index (χ0) is 32.6. The summed E-state index contributed by atoms with van der Waals surface area (Å²) in [4.78, 5) is 52.6. The molecule has 242 valence electrons. The molecule has 1 aromatic carbocycles. The van der Waals surface area contributed by atoms with Crippen molar-refractivity contribution in [1.82, 2.24) is 15.3 Å². The van der Waals surface area contributed by atoms with Gasteiger partial charge in [-0.1, -0.05) is 0 Å². The summed E-state index contributed by atoms with van der Waals surface area (Å²) >= 11 is 0. The Morgan fingerprint density at radius 1 is 1.11 bits per heavy atom. The van der Waals surface area contributed by atoms with E-state index in [9.17, 15) is 29.4 Å². The molecule has 0 saturated carbocycles. The highest BCUT2D eigenvalue weighted by molar-refractivity contribution is 5.97. The van der Waals surface area contributed by atoms with Crippen molar-refractivity contribution < 1.29 is 49.8 Å². The number of nitrogens with two attached hydrogens (primary N) is 2. The fraction of sp³-hybridized carbons (Fsp3) is 0.480. The Morgan fingerprint density at radius 3 is 2.41 bits per heavy atom. The average Bonchev–Trinajstić information content (AvgIpc) is 2.99. The van der Waals surface area contributed by atoms with Gasteiger partial charge in [0, 0.05) is 30.8 Å². The van der Waals surface area contributed by atoms with Gasteiger partial charge < -0.3 is 68.1 Å². The third kappa shape index (κ3) is 8.99. The SMILES string of the molecule is N[C@H]1C(O)O[C@H](CO)[C@H](O)[C@@H]1O.Nc1nc2c(c(=O)[nH]1)N[C@@H](CNc1ccc(C(=O)N[C@@H](CCC(=O)O)C(=O)O)cc1)CN2. The van der Waals surface area contributed by atoms with E-state index in [2.05, 4.69) is 31.2 Å². The minimum absolute atomic E-state index is 0.0281. The van der Waals surface area contributed by atoms with Gasteiger partial charge in [-0.2, -0.15) is 4.98 Å². The van der Waals surface area contributed by atoms with Crippen LogP contribution in [0.4, 0.5) is 23.1 Å². The summed E-state index contributed by atoms with van der Waals surface area (Å²) in [5.74, 6) is -2.64. The van der Waals surface area contributed by atoms with Crippen molar-refractivity contribution >= 4 is 41.0 Å². The van der Waals surface area contributed by atoms with E-state index in [-0.39, 0.29) is 36.0 Å². The van der Waals surface area contributed by atoms with Crippen LogP contribution in [-0.4, -0.2) is 121 Å². The van der Waals surface area contributed by atoms with Crippen LogP contribution < -0.4 is 38.3 Å². The lowest BCUT2D eigenvalue weighted by atomic mass is 9.98. The van der Waals surface area contributed by atoms with Crippen LogP contribution in [0.1, 0.15) is 23.2 Å². The quantitative estimate of drug-likeness (QED) is 0.122. The Kier molecular flexibility index (Phi) is 11.8. The first-order valence-electron chi connectivity index (χ1n) is 13.4. The van der Waals surface area contributed by atoms with Crippen LogP contribution in [0.15, 0.2) is 29.1 Å². The molecular formula is C25H36N8O11. The number of carbonyl (C=O) groups excluding carboxylic acids is 1. The number of aliphatic hydroxyl groups is 4. The van der Waals surface area contributed by atoms with Gasteiger partial charge >= 0.3 is 11.9 Å². The van der Waals surface area contributed by atoms with Crippen molar-refractivity contribution in [3.8, 4) is 0 Å². The number of aliphatic carboxylic acids is 2.